The Morgan fingerprint density at radius 3 is 2.47 bits per heavy atom. The Labute approximate surface area is 192 Å². The molecule has 1 saturated heterocycles. The number of nitrogens with one attached hydrogen (secondary N) is 1. The predicted octanol–water partition coefficient (Wildman–Crippen LogP) is 4.73. The van der Waals surface area contributed by atoms with Crippen LogP contribution in [0.3, 0.4) is 0 Å². The van der Waals surface area contributed by atoms with Gasteiger partial charge in [-0.1, -0.05) is 23.7 Å². The maximum Gasteiger partial charge on any atom is 0.270 e. The lowest BCUT2D eigenvalue weighted by molar-refractivity contribution is -0.122. The van der Waals surface area contributed by atoms with Crippen LogP contribution in [0.2, 0.25) is 5.02 Å². The van der Waals surface area contributed by atoms with E-state index in [1.807, 2.05) is 13.8 Å². The number of para-hydroxylation sites is 1. The average Bonchev–Trinajstić information content (AvgIpc) is 2.70. The summed E-state index contributed by atoms with van der Waals surface area (Å²) in [5, 5.41) is 2.85. The van der Waals surface area contributed by atoms with E-state index < -0.39 is 11.8 Å². The van der Waals surface area contributed by atoms with Crippen LogP contribution in [0.25, 0.3) is 6.08 Å². The summed E-state index contributed by atoms with van der Waals surface area (Å²) in [5.41, 5.74) is 0.830. The lowest BCUT2D eigenvalue weighted by Gasteiger charge is -2.29. The zero-order valence-electron chi connectivity index (χ0n) is 16.2. The van der Waals surface area contributed by atoms with Crippen LogP contribution >= 0.6 is 39.7 Å². The van der Waals surface area contributed by atoms with Crippen LogP contribution in [0.4, 0.5) is 5.69 Å². The number of nitrogens with zero attached hydrogens (tertiary/aromatic N) is 1. The molecule has 3 rings (SSSR count). The molecule has 30 heavy (non-hydrogen) atoms. The average molecular weight is 510 g/mol. The first-order valence-corrected chi connectivity index (χ1v) is 10.7. The number of thiocarbonyl (C=S) groups is 1. The van der Waals surface area contributed by atoms with Crippen molar-refractivity contribution in [1.29, 1.82) is 0 Å². The minimum absolute atomic E-state index is 0.0341. The van der Waals surface area contributed by atoms with Gasteiger partial charge in [-0.15, -0.1) is 0 Å². The molecule has 2 aromatic carbocycles. The summed E-state index contributed by atoms with van der Waals surface area (Å²) in [5.74, 6) is -0.0962. The third-order valence-corrected chi connectivity index (χ3v) is 5.38. The van der Waals surface area contributed by atoms with Crippen LogP contribution in [0, 0.1) is 0 Å². The quantitative estimate of drug-likeness (QED) is 0.346. The van der Waals surface area contributed by atoms with Crippen molar-refractivity contribution in [3.8, 4) is 11.5 Å². The van der Waals surface area contributed by atoms with Gasteiger partial charge in [-0.05, 0) is 66.3 Å². The first-order valence-electron chi connectivity index (χ1n) is 9.12. The van der Waals surface area contributed by atoms with Crippen molar-refractivity contribution >= 4 is 68.4 Å². The van der Waals surface area contributed by atoms with E-state index in [0.29, 0.717) is 45.5 Å². The van der Waals surface area contributed by atoms with Crippen LogP contribution in [0.5, 0.6) is 11.5 Å². The minimum atomic E-state index is -0.597. The number of rotatable bonds is 6. The number of carbonyl (C=O) groups excluding carboxylic acids is 2. The molecule has 2 amide bonds. The topological polar surface area (TPSA) is 67.9 Å². The summed E-state index contributed by atoms with van der Waals surface area (Å²) < 4.78 is 11.9. The lowest BCUT2D eigenvalue weighted by Crippen LogP contribution is -2.54. The van der Waals surface area contributed by atoms with Gasteiger partial charge in [-0.2, -0.15) is 0 Å². The molecule has 0 spiro atoms. The summed E-state index contributed by atoms with van der Waals surface area (Å²) in [4.78, 5) is 27.0. The molecule has 0 radical (unpaired) electrons. The highest BCUT2D eigenvalue weighted by molar-refractivity contribution is 9.10. The number of benzene rings is 2. The molecule has 1 aliphatic rings. The largest absolute Gasteiger partial charge is 0.493 e. The molecule has 1 aliphatic heterocycles. The lowest BCUT2D eigenvalue weighted by atomic mass is 10.1. The Balaban J connectivity index is 2.08. The molecule has 156 valence electrons. The summed E-state index contributed by atoms with van der Waals surface area (Å²) >= 11 is 14.9. The smallest absolute Gasteiger partial charge is 0.270 e. The number of carbonyl (C=O) groups is 2. The second-order valence-corrected chi connectivity index (χ2v) is 7.74. The normalized spacial score (nSPS) is 15.4. The van der Waals surface area contributed by atoms with E-state index in [4.69, 9.17) is 33.3 Å². The van der Waals surface area contributed by atoms with Crippen molar-refractivity contribution in [3.63, 3.8) is 0 Å². The number of amides is 2. The molecular weight excluding hydrogens is 492 g/mol. The molecule has 0 atom stereocenters. The van der Waals surface area contributed by atoms with Gasteiger partial charge in [0.2, 0.25) is 0 Å². The highest BCUT2D eigenvalue weighted by atomic mass is 79.9. The number of hydrogen-bond donors (Lipinski definition) is 1. The monoisotopic (exact) mass is 508 g/mol. The minimum Gasteiger partial charge on any atom is -0.493 e. The van der Waals surface area contributed by atoms with Crippen molar-refractivity contribution in [1.82, 2.24) is 5.32 Å². The maximum absolute atomic E-state index is 13.2. The van der Waals surface area contributed by atoms with Crippen molar-refractivity contribution < 1.29 is 19.1 Å². The van der Waals surface area contributed by atoms with E-state index in [2.05, 4.69) is 21.2 Å². The van der Waals surface area contributed by atoms with Crippen LogP contribution in [0.1, 0.15) is 19.4 Å². The number of halogens is 2. The molecule has 0 unspecified atom stereocenters. The van der Waals surface area contributed by atoms with Gasteiger partial charge >= 0.3 is 0 Å². The van der Waals surface area contributed by atoms with E-state index in [9.17, 15) is 9.59 Å². The standard InChI is InChI=1S/C21H18BrClN2O4S/c1-3-28-17-11-18(29-4-2)14(22)10-12(17)9-13-19(26)24-21(30)25(20(13)27)16-8-6-5-7-15(16)23/h5-11H,3-4H2,1-2H3,(H,24,26,30)/b13-9+. The second kappa shape index (κ2) is 9.59. The fourth-order valence-corrected chi connectivity index (χ4v) is 3.84. The van der Waals surface area contributed by atoms with Crippen LogP contribution in [-0.2, 0) is 9.59 Å². The van der Waals surface area contributed by atoms with Gasteiger partial charge < -0.3 is 9.47 Å². The molecule has 0 saturated carbocycles. The highest BCUT2D eigenvalue weighted by Crippen LogP contribution is 2.35. The fraction of sp³-hybridized carbons (Fsp3) is 0.190. The van der Waals surface area contributed by atoms with Gasteiger partial charge in [0.25, 0.3) is 11.8 Å². The second-order valence-electron chi connectivity index (χ2n) is 6.10. The maximum atomic E-state index is 13.2. The summed E-state index contributed by atoms with van der Waals surface area (Å²) in [6.45, 7) is 4.60. The van der Waals surface area contributed by atoms with Gasteiger partial charge in [-0.25, -0.2) is 0 Å². The van der Waals surface area contributed by atoms with E-state index in [1.165, 1.54) is 11.0 Å². The number of anilines is 1. The third kappa shape index (κ3) is 4.50. The predicted molar refractivity (Wildman–Crippen MR) is 124 cm³/mol. The zero-order chi connectivity index (χ0) is 21.8. The number of ether oxygens (including phenoxy) is 2. The first kappa shape index (κ1) is 22.3. The van der Waals surface area contributed by atoms with Gasteiger partial charge in [-0.3, -0.25) is 19.8 Å². The fourth-order valence-electron chi connectivity index (χ4n) is 2.87. The Morgan fingerprint density at radius 2 is 1.80 bits per heavy atom. The van der Waals surface area contributed by atoms with Crippen molar-refractivity contribution in [2.45, 2.75) is 13.8 Å². The van der Waals surface area contributed by atoms with Gasteiger partial charge in [0.1, 0.15) is 17.1 Å². The Kier molecular flexibility index (Phi) is 7.12. The molecule has 6 nitrogen and oxygen atoms in total. The van der Waals surface area contributed by atoms with E-state index in [-0.39, 0.29) is 10.7 Å². The zero-order valence-corrected chi connectivity index (χ0v) is 19.4. The van der Waals surface area contributed by atoms with Crippen LogP contribution in [-0.4, -0.2) is 30.1 Å². The van der Waals surface area contributed by atoms with Crippen molar-refractivity contribution in [2.24, 2.45) is 0 Å². The summed E-state index contributed by atoms with van der Waals surface area (Å²) in [7, 11) is 0. The van der Waals surface area contributed by atoms with E-state index >= 15 is 0 Å². The number of hydrogen-bond acceptors (Lipinski definition) is 5. The summed E-state index contributed by atoms with van der Waals surface area (Å²) in [6.07, 6.45) is 1.47. The first-order chi connectivity index (χ1) is 14.4. The highest BCUT2D eigenvalue weighted by Gasteiger charge is 2.35. The molecule has 1 fully saturated rings. The Bertz CT molecular complexity index is 1060. The molecule has 0 aliphatic carbocycles. The summed E-state index contributed by atoms with van der Waals surface area (Å²) in [6, 6.07) is 10.2. The third-order valence-electron chi connectivity index (χ3n) is 4.16. The van der Waals surface area contributed by atoms with E-state index in [1.54, 1.807) is 36.4 Å². The van der Waals surface area contributed by atoms with Gasteiger partial charge in [0.05, 0.1) is 28.4 Å². The molecule has 1 N–H and O–H groups in total. The molecule has 2 aromatic rings. The molecule has 0 aromatic heterocycles. The van der Waals surface area contributed by atoms with Crippen LogP contribution < -0.4 is 19.7 Å². The van der Waals surface area contributed by atoms with Gasteiger partial charge in [0, 0.05) is 11.6 Å². The molecule has 9 heteroatoms. The Hall–Kier alpha value is -2.42. The van der Waals surface area contributed by atoms with Crippen molar-refractivity contribution in [3.05, 3.63) is 57.0 Å². The molecular formula is C21H18BrClN2O4S. The SMILES string of the molecule is CCOc1cc(OCC)c(/C=C2\C(=O)NC(=S)N(c3ccccc3Cl)C2=O)cc1Br. The van der Waals surface area contributed by atoms with E-state index in [0.717, 1.165) is 0 Å². The van der Waals surface area contributed by atoms with Crippen molar-refractivity contribution in [2.75, 3.05) is 18.1 Å². The molecule has 0 bridgehead atoms. The van der Waals surface area contributed by atoms with Gasteiger partial charge in [0.15, 0.2) is 5.11 Å². The van der Waals surface area contributed by atoms with Crippen LogP contribution in [0.15, 0.2) is 46.4 Å². The molecule has 1 heterocycles. The Morgan fingerprint density at radius 1 is 1.13 bits per heavy atom.